The van der Waals surface area contributed by atoms with E-state index in [1.54, 1.807) is 0 Å². The summed E-state index contributed by atoms with van der Waals surface area (Å²) in [6, 6.07) is 8.58. The van der Waals surface area contributed by atoms with Crippen molar-refractivity contribution in [1.29, 1.82) is 0 Å². The molecule has 1 atom stereocenters. The maximum atomic E-state index is 12.8. The zero-order chi connectivity index (χ0) is 19.8. The number of H-pyrrole nitrogens is 1. The van der Waals surface area contributed by atoms with E-state index in [1.165, 1.54) is 11.1 Å². The summed E-state index contributed by atoms with van der Waals surface area (Å²) in [6.07, 6.45) is 1.98. The molecule has 1 aliphatic rings. The van der Waals surface area contributed by atoms with E-state index in [2.05, 4.69) is 50.0 Å². The van der Waals surface area contributed by atoms with E-state index in [9.17, 15) is 9.59 Å². The SMILES string of the molecule is CCCOC(=O)c1[nH]c2c(c1C)C(=O)CC(c1ccc(C(C)(C)C)cc1)C2. The molecule has 0 radical (unpaired) electrons. The normalized spacial score (nSPS) is 16.9. The maximum absolute atomic E-state index is 12.8. The van der Waals surface area contributed by atoms with Gasteiger partial charge in [-0.2, -0.15) is 0 Å². The number of hydrogen-bond acceptors (Lipinski definition) is 3. The Hall–Kier alpha value is -2.36. The second kappa shape index (κ2) is 7.34. The summed E-state index contributed by atoms with van der Waals surface area (Å²) in [5, 5.41) is 0. The van der Waals surface area contributed by atoms with Crippen molar-refractivity contribution in [3.63, 3.8) is 0 Å². The minimum absolute atomic E-state index is 0.101. The predicted molar refractivity (Wildman–Crippen MR) is 107 cm³/mol. The number of hydrogen-bond donors (Lipinski definition) is 1. The Labute approximate surface area is 161 Å². The van der Waals surface area contributed by atoms with E-state index in [4.69, 9.17) is 4.74 Å². The lowest BCUT2D eigenvalue weighted by Crippen LogP contribution is -2.19. The van der Waals surface area contributed by atoms with Crippen LogP contribution >= 0.6 is 0 Å². The van der Waals surface area contributed by atoms with Gasteiger partial charge in [-0.25, -0.2) is 4.79 Å². The third kappa shape index (κ3) is 3.85. The maximum Gasteiger partial charge on any atom is 0.355 e. The first-order valence-corrected chi connectivity index (χ1v) is 9.74. The lowest BCUT2D eigenvalue weighted by atomic mass is 9.80. The van der Waals surface area contributed by atoms with E-state index in [1.807, 2.05) is 13.8 Å². The van der Waals surface area contributed by atoms with Crippen molar-refractivity contribution >= 4 is 11.8 Å². The van der Waals surface area contributed by atoms with Crippen LogP contribution in [0.4, 0.5) is 0 Å². The van der Waals surface area contributed by atoms with Gasteiger partial charge in [0.2, 0.25) is 0 Å². The highest BCUT2D eigenvalue weighted by Crippen LogP contribution is 2.36. The summed E-state index contributed by atoms with van der Waals surface area (Å²) in [5.74, 6) is -0.136. The third-order valence-electron chi connectivity index (χ3n) is 5.38. The van der Waals surface area contributed by atoms with Crippen LogP contribution < -0.4 is 0 Å². The Morgan fingerprint density at radius 1 is 1.19 bits per heavy atom. The Balaban J connectivity index is 1.86. The molecule has 0 saturated carbocycles. The first-order valence-electron chi connectivity index (χ1n) is 9.74. The molecular weight excluding hydrogens is 338 g/mol. The monoisotopic (exact) mass is 367 g/mol. The van der Waals surface area contributed by atoms with Crippen molar-refractivity contribution in [3.05, 3.63) is 57.9 Å². The number of fused-ring (bicyclic) bond motifs is 1. The van der Waals surface area contributed by atoms with Crippen LogP contribution in [0.15, 0.2) is 24.3 Å². The van der Waals surface area contributed by atoms with Crippen LogP contribution in [-0.2, 0) is 16.6 Å². The summed E-state index contributed by atoms with van der Waals surface area (Å²) in [7, 11) is 0. The van der Waals surface area contributed by atoms with Crippen LogP contribution in [0.5, 0.6) is 0 Å². The number of aromatic nitrogens is 1. The van der Waals surface area contributed by atoms with Gasteiger partial charge in [0.25, 0.3) is 0 Å². The minimum Gasteiger partial charge on any atom is -0.461 e. The van der Waals surface area contributed by atoms with Gasteiger partial charge in [-0.3, -0.25) is 4.79 Å². The van der Waals surface area contributed by atoms with Crippen LogP contribution in [0.25, 0.3) is 0 Å². The lowest BCUT2D eigenvalue weighted by Gasteiger charge is -2.24. The fraction of sp³-hybridized carbons (Fsp3) is 0.478. The molecular formula is C23H29NO3. The van der Waals surface area contributed by atoms with E-state index >= 15 is 0 Å². The number of rotatable bonds is 4. The molecule has 1 unspecified atom stereocenters. The third-order valence-corrected chi connectivity index (χ3v) is 5.38. The van der Waals surface area contributed by atoms with Crippen molar-refractivity contribution in [3.8, 4) is 0 Å². The molecule has 144 valence electrons. The zero-order valence-electron chi connectivity index (χ0n) is 16.9. The largest absolute Gasteiger partial charge is 0.461 e. The number of benzene rings is 1. The zero-order valence-corrected chi connectivity index (χ0v) is 16.9. The van der Waals surface area contributed by atoms with Gasteiger partial charge in [-0.05, 0) is 47.8 Å². The fourth-order valence-electron chi connectivity index (χ4n) is 3.80. The molecule has 1 N–H and O–H groups in total. The van der Waals surface area contributed by atoms with E-state index < -0.39 is 0 Å². The second-order valence-electron chi connectivity index (χ2n) is 8.51. The number of carbonyl (C=O) groups is 2. The van der Waals surface area contributed by atoms with Crippen molar-refractivity contribution in [2.75, 3.05) is 6.61 Å². The van der Waals surface area contributed by atoms with Gasteiger partial charge >= 0.3 is 5.97 Å². The molecule has 4 nitrogen and oxygen atoms in total. The Kier molecular flexibility index (Phi) is 5.27. The number of carbonyl (C=O) groups excluding carboxylic acids is 2. The number of Topliss-reactive ketones (excluding diaryl/α,β-unsaturated/α-hetero) is 1. The minimum atomic E-state index is -0.373. The molecule has 0 fully saturated rings. The van der Waals surface area contributed by atoms with Gasteiger partial charge in [0.15, 0.2) is 5.78 Å². The first-order chi connectivity index (χ1) is 12.7. The van der Waals surface area contributed by atoms with Crippen LogP contribution in [-0.4, -0.2) is 23.3 Å². The highest BCUT2D eigenvalue weighted by Gasteiger charge is 2.32. The summed E-state index contributed by atoms with van der Waals surface area (Å²) in [5.41, 5.74) is 5.25. The van der Waals surface area contributed by atoms with E-state index in [0.29, 0.717) is 24.3 Å². The number of ketones is 1. The smallest absolute Gasteiger partial charge is 0.355 e. The first kappa shape index (κ1) is 19.4. The predicted octanol–water partition coefficient (Wildman–Crippen LogP) is 5.10. The number of aromatic amines is 1. The van der Waals surface area contributed by atoms with Gasteiger partial charge in [-0.15, -0.1) is 0 Å². The second-order valence-corrected chi connectivity index (χ2v) is 8.51. The van der Waals surface area contributed by atoms with Crippen LogP contribution in [0.2, 0.25) is 0 Å². The molecule has 2 aromatic rings. The Morgan fingerprint density at radius 2 is 1.85 bits per heavy atom. The Morgan fingerprint density at radius 3 is 2.44 bits per heavy atom. The van der Waals surface area contributed by atoms with Crippen LogP contribution in [0.1, 0.15) is 89.7 Å². The lowest BCUT2D eigenvalue weighted by molar-refractivity contribution is 0.0498. The molecule has 1 aliphatic carbocycles. The molecule has 4 heteroatoms. The summed E-state index contributed by atoms with van der Waals surface area (Å²) in [4.78, 5) is 28.2. The summed E-state index contributed by atoms with van der Waals surface area (Å²) >= 11 is 0. The molecule has 27 heavy (non-hydrogen) atoms. The standard InChI is InChI=1S/C23H29NO3/c1-6-11-27-22(26)21-14(2)20-18(24-21)12-16(13-19(20)25)15-7-9-17(10-8-15)23(3,4)5/h7-10,16,24H,6,11-13H2,1-5H3. The quantitative estimate of drug-likeness (QED) is 0.765. The molecule has 0 saturated heterocycles. The van der Waals surface area contributed by atoms with Crippen LogP contribution in [0.3, 0.4) is 0 Å². The Bertz CT molecular complexity index is 853. The van der Waals surface area contributed by atoms with Crippen molar-refractivity contribution in [2.45, 2.75) is 65.2 Å². The molecule has 0 aliphatic heterocycles. The molecule has 0 amide bonds. The molecule has 1 aromatic heterocycles. The number of esters is 1. The fourth-order valence-corrected chi connectivity index (χ4v) is 3.80. The van der Waals surface area contributed by atoms with Gasteiger partial charge in [0.05, 0.1) is 6.61 Å². The average molecular weight is 367 g/mol. The molecule has 0 bridgehead atoms. The summed E-state index contributed by atoms with van der Waals surface area (Å²) < 4.78 is 5.25. The van der Waals surface area contributed by atoms with Gasteiger partial charge < -0.3 is 9.72 Å². The highest BCUT2D eigenvalue weighted by atomic mass is 16.5. The summed E-state index contributed by atoms with van der Waals surface area (Å²) in [6.45, 7) is 10.8. The van der Waals surface area contributed by atoms with Gasteiger partial charge in [0.1, 0.15) is 5.69 Å². The van der Waals surface area contributed by atoms with E-state index in [0.717, 1.165) is 24.1 Å². The van der Waals surface area contributed by atoms with E-state index in [-0.39, 0.29) is 23.1 Å². The number of ether oxygens (including phenoxy) is 1. The highest BCUT2D eigenvalue weighted by molar-refractivity contribution is 6.03. The average Bonchev–Trinajstić information content (AvgIpc) is 2.96. The van der Waals surface area contributed by atoms with Crippen LogP contribution in [0, 0.1) is 6.92 Å². The molecule has 1 heterocycles. The van der Waals surface area contributed by atoms with Gasteiger partial charge in [0, 0.05) is 17.7 Å². The molecule has 0 spiro atoms. The van der Waals surface area contributed by atoms with Crippen molar-refractivity contribution in [2.24, 2.45) is 0 Å². The van der Waals surface area contributed by atoms with Crippen molar-refractivity contribution in [1.82, 2.24) is 4.98 Å². The topological polar surface area (TPSA) is 59.2 Å². The molecule has 3 rings (SSSR count). The van der Waals surface area contributed by atoms with Gasteiger partial charge in [-0.1, -0.05) is 52.0 Å². The number of nitrogens with one attached hydrogen (secondary N) is 1. The van der Waals surface area contributed by atoms with Crippen molar-refractivity contribution < 1.29 is 14.3 Å². The molecule has 1 aromatic carbocycles.